The Morgan fingerprint density at radius 2 is 1.72 bits per heavy atom. The van der Waals surface area contributed by atoms with E-state index in [0.29, 0.717) is 11.3 Å². The van der Waals surface area contributed by atoms with E-state index in [1.165, 1.54) is 5.56 Å². The molecule has 134 valence electrons. The fourth-order valence-corrected chi connectivity index (χ4v) is 2.40. The molecule has 2 N–H and O–H groups in total. The largest absolute Gasteiger partial charge is 0.497 e. The number of rotatable bonds is 9. The van der Waals surface area contributed by atoms with Gasteiger partial charge in [-0.2, -0.15) is 0 Å². The lowest BCUT2D eigenvalue weighted by Gasteiger charge is -2.13. The first-order chi connectivity index (χ1) is 12.1. The van der Waals surface area contributed by atoms with Crippen LogP contribution in [-0.4, -0.2) is 31.3 Å². The number of methoxy groups -OCH3 is 1. The van der Waals surface area contributed by atoms with Crippen molar-refractivity contribution < 1.29 is 19.4 Å². The van der Waals surface area contributed by atoms with E-state index in [1.54, 1.807) is 31.4 Å². The number of aliphatic hydroxyl groups is 1. The molecule has 0 bridgehead atoms. The SMILES string of the molecule is CCCc1ccc(OCC(=O)NCC(O)c2ccc(OC)cc2)cc1. The maximum absolute atomic E-state index is 11.9. The van der Waals surface area contributed by atoms with Crippen molar-refractivity contribution in [3.05, 3.63) is 59.7 Å². The molecule has 2 aromatic rings. The van der Waals surface area contributed by atoms with Gasteiger partial charge in [0.05, 0.1) is 13.2 Å². The highest BCUT2D eigenvalue weighted by Gasteiger charge is 2.10. The minimum atomic E-state index is -0.775. The molecular weight excluding hydrogens is 318 g/mol. The van der Waals surface area contributed by atoms with E-state index < -0.39 is 6.10 Å². The molecule has 1 atom stereocenters. The van der Waals surface area contributed by atoms with E-state index >= 15 is 0 Å². The third kappa shape index (κ3) is 6.12. The van der Waals surface area contributed by atoms with Crippen LogP contribution in [0.5, 0.6) is 11.5 Å². The van der Waals surface area contributed by atoms with Gasteiger partial charge in [0.1, 0.15) is 11.5 Å². The van der Waals surface area contributed by atoms with Gasteiger partial charge in [-0.1, -0.05) is 37.6 Å². The summed E-state index contributed by atoms with van der Waals surface area (Å²) in [6.45, 7) is 2.18. The Morgan fingerprint density at radius 1 is 1.08 bits per heavy atom. The molecule has 0 aliphatic rings. The molecule has 2 rings (SSSR count). The van der Waals surface area contributed by atoms with Crippen LogP contribution in [0.1, 0.15) is 30.6 Å². The summed E-state index contributed by atoms with van der Waals surface area (Å²) in [6.07, 6.45) is 1.35. The number of ether oxygens (including phenoxy) is 2. The number of hydrogen-bond acceptors (Lipinski definition) is 4. The molecule has 25 heavy (non-hydrogen) atoms. The molecule has 0 saturated heterocycles. The lowest BCUT2D eigenvalue weighted by molar-refractivity contribution is -0.123. The highest BCUT2D eigenvalue weighted by molar-refractivity contribution is 5.77. The minimum Gasteiger partial charge on any atom is -0.497 e. The van der Waals surface area contributed by atoms with Crippen LogP contribution in [-0.2, 0) is 11.2 Å². The van der Waals surface area contributed by atoms with Gasteiger partial charge in [-0.25, -0.2) is 0 Å². The van der Waals surface area contributed by atoms with Crippen LogP contribution in [0.4, 0.5) is 0 Å². The lowest BCUT2D eigenvalue weighted by atomic mass is 10.1. The van der Waals surface area contributed by atoms with Crippen molar-refractivity contribution in [3.8, 4) is 11.5 Å². The Hall–Kier alpha value is -2.53. The van der Waals surface area contributed by atoms with Crippen LogP contribution in [0.25, 0.3) is 0 Å². The monoisotopic (exact) mass is 343 g/mol. The maximum atomic E-state index is 11.9. The molecule has 5 heteroatoms. The molecule has 0 aromatic heterocycles. The second kappa shape index (κ2) is 9.69. The summed E-state index contributed by atoms with van der Waals surface area (Å²) in [6, 6.07) is 14.8. The first kappa shape index (κ1) is 18.8. The zero-order chi connectivity index (χ0) is 18.1. The van der Waals surface area contributed by atoms with E-state index in [9.17, 15) is 9.90 Å². The van der Waals surface area contributed by atoms with Gasteiger partial charge in [0.25, 0.3) is 5.91 Å². The summed E-state index contributed by atoms with van der Waals surface area (Å²) in [4.78, 5) is 11.9. The number of carbonyl (C=O) groups is 1. The number of benzene rings is 2. The summed E-state index contributed by atoms with van der Waals surface area (Å²) in [5.41, 5.74) is 1.97. The zero-order valence-corrected chi connectivity index (χ0v) is 14.7. The van der Waals surface area contributed by atoms with E-state index in [4.69, 9.17) is 9.47 Å². The average molecular weight is 343 g/mol. The summed E-state index contributed by atoms with van der Waals surface area (Å²) in [5.74, 6) is 1.11. The van der Waals surface area contributed by atoms with E-state index in [2.05, 4.69) is 12.2 Å². The smallest absolute Gasteiger partial charge is 0.258 e. The van der Waals surface area contributed by atoms with E-state index in [-0.39, 0.29) is 19.1 Å². The number of nitrogens with one attached hydrogen (secondary N) is 1. The molecule has 1 amide bonds. The van der Waals surface area contributed by atoms with Gasteiger partial charge < -0.3 is 19.9 Å². The fraction of sp³-hybridized carbons (Fsp3) is 0.350. The van der Waals surface area contributed by atoms with Gasteiger partial charge >= 0.3 is 0 Å². The molecule has 0 fully saturated rings. The first-order valence-electron chi connectivity index (χ1n) is 8.42. The Labute approximate surface area is 148 Å². The summed E-state index contributed by atoms with van der Waals surface area (Å²) in [5, 5.41) is 12.8. The van der Waals surface area contributed by atoms with Gasteiger partial charge in [-0.15, -0.1) is 0 Å². The Balaban J connectivity index is 1.74. The van der Waals surface area contributed by atoms with Crippen molar-refractivity contribution in [1.82, 2.24) is 5.32 Å². The van der Waals surface area contributed by atoms with Crippen LogP contribution >= 0.6 is 0 Å². The standard InChI is InChI=1S/C20H25NO4/c1-3-4-15-5-9-18(10-6-15)25-14-20(23)21-13-19(22)16-7-11-17(24-2)12-8-16/h5-12,19,22H,3-4,13-14H2,1-2H3,(H,21,23). The molecular formula is C20H25NO4. The summed E-state index contributed by atoms with van der Waals surface area (Å²) >= 11 is 0. The Kier molecular flexibility index (Phi) is 7.29. The Bertz CT molecular complexity index is 652. The van der Waals surface area contributed by atoms with Gasteiger partial charge in [-0.05, 0) is 41.8 Å². The van der Waals surface area contributed by atoms with Crippen molar-refractivity contribution in [2.45, 2.75) is 25.9 Å². The van der Waals surface area contributed by atoms with Gasteiger partial charge in [-0.3, -0.25) is 4.79 Å². The van der Waals surface area contributed by atoms with E-state index in [0.717, 1.165) is 18.6 Å². The molecule has 0 aliphatic carbocycles. The van der Waals surface area contributed by atoms with E-state index in [1.807, 2.05) is 24.3 Å². The normalized spacial score (nSPS) is 11.6. The molecule has 1 unspecified atom stereocenters. The third-order valence-electron chi connectivity index (χ3n) is 3.83. The van der Waals surface area contributed by atoms with Crippen molar-refractivity contribution >= 4 is 5.91 Å². The van der Waals surface area contributed by atoms with Crippen LogP contribution in [0.2, 0.25) is 0 Å². The molecule has 0 heterocycles. The number of aryl methyl sites for hydroxylation is 1. The minimum absolute atomic E-state index is 0.0809. The van der Waals surface area contributed by atoms with Crippen LogP contribution < -0.4 is 14.8 Å². The first-order valence-corrected chi connectivity index (χ1v) is 8.42. The van der Waals surface area contributed by atoms with Gasteiger partial charge in [0, 0.05) is 6.54 Å². The quantitative estimate of drug-likeness (QED) is 0.735. The summed E-state index contributed by atoms with van der Waals surface area (Å²) in [7, 11) is 1.59. The zero-order valence-electron chi connectivity index (χ0n) is 14.7. The number of aliphatic hydroxyl groups excluding tert-OH is 1. The van der Waals surface area contributed by atoms with Gasteiger partial charge in [0.15, 0.2) is 6.61 Å². The second-order valence-corrected chi connectivity index (χ2v) is 5.78. The second-order valence-electron chi connectivity index (χ2n) is 5.78. The molecule has 0 saturated carbocycles. The Morgan fingerprint density at radius 3 is 2.32 bits per heavy atom. The highest BCUT2D eigenvalue weighted by atomic mass is 16.5. The van der Waals surface area contributed by atoms with Crippen LogP contribution in [0.3, 0.4) is 0 Å². The number of amides is 1. The average Bonchev–Trinajstić information content (AvgIpc) is 2.66. The van der Waals surface area contributed by atoms with Crippen molar-refractivity contribution in [3.63, 3.8) is 0 Å². The van der Waals surface area contributed by atoms with Crippen molar-refractivity contribution in [1.29, 1.82) is 0 Å². The molecule has 2 aromatic carbocycles. The topological polar surface area (TPSA) is 67.8 Å². The van der Waals surface area contributed by atoms with Crippen molar-refractivity contribution in [2.24, 2.45) is 0 Å². The molecule has 5 nitrogen and oxygen atoms in total. The highest BCUT2D eigenvalue weighted by Crippen LogP contribution is 2.17. The third-order valence-corrected chi connectivity index (χ3v) is 3.83. The van der Waals surface area contributed by atoms with Crippen LogP contribution in [0, 0.1) is 0 Å². The van der Waals surface area contributed by atoms with Crippen LogP contribution in [0.15, 0.2) is 48.5 Å². The molecule has 0 radical (unpaired) electrons. The van der Waals surface area contributed by atoms with Crippen molar-refractivity contribution in [2.75, 3.05) is 20.3 Å². The number of hydrogen-bond donors (Lipinski definition) is 2. The lowest BCUT2D eigenvalue weighted by Crippen LogP contribution is -2.32. The maximum Gasteiger partial charge on any atom is 0.258 e. The molecule has 0 aliphatic heterocycles. The predicted molar refractivity (Wildman–Crippen MR) is 96.9 cm³/mol. The fourth-order valence-electron chi connectivity index (χ4n) is 2.40. The van der Waals surface area contributed by atoms with Gasteiger partial charge in [0.2, 0.25) is 0 Å². The number of carbonyl (C=O) groups excluding carboxylic acids is 1. The predicted octanol–water partition coefficient (Wildman–Crippen LogP) is 2.88. The molecule has 0 spiro atoms. The summed E-state index contributed by atoms with van der Waals surface area (Å²) < 4.78 is 10.5.